The predicted molar refractivity (Wildman–Crippen MR) is 122 cm³/mol. The molecule has 0 aromatic heterocycles. The Morgan fingerprint density at radius 2 is 1.17 bits per heavy atom. The van der Waals surface area contributed by atoms with Gasteiger partial charge in [-0.05, 0) is 40.8 Å². The summed E-state index contributed by atoms with van der Waals surface area (Å²) in [6, 6.07) is 24.7. The van der Waals surface area contributed by atoms with Gasteiger partial charge in [0.1, 0.15) is 5.75 Å². The van der Waals surface area contributed by atoms with Gasteiger partial charge in [-0.1, -0.05) is 94.3 Å². The number of Topliss-reactive ketones (excluding diaryl/α,β-unsaturated/α-hetero) is 1. The minimum absolute atomic E-state index is 0.0215. The molecule has 0 aliphatic rings. The first kappa shape index (κ1) is 20.9. The predicted octanol–water partition coefficient (Wildman–Crippen LogP) is 7.43. The maximum atomic E-state index is 12.1. The van der Waals surface area contributed by atoms with Gasteiger partial charge in [0.15, 0.2) is 5.78 Å². The SMILES string of the molecule is CCCCCOc1ccc(-c2ccc(-c3ccc(C(=O)C(C)C)cc3)cc2)cc1. The van der Waals surface area contributed by atoms with E-state index in [9.17, 15) is 4.79 Å². The van der Waals surface area contributed by atoms with E-state index in [1.807, 2.05) is 50.2 Å². The van der Waals surface area contributed by atoms with Crippen molar-refractivity contribution in [2.45, 2.75) is 40.0 Å². The fourth-order valence-corrected chi connectivity index (χ4v) is 3.30. The molecule has 2 nitrogen and oxygen atoms in total. The van der Waals surface area contributed by atoms with E-state index in [0.717, 1.165) is 35.5 Å². The Morgan fingerprint density at radius 3 is 1.62 bits per heavy atom. The van der Waals surface area contributed by atoms with Crippen molar-refractivity contribution in [2.75, 3.05) is 6.61 Å². The van der Waals surface area contributed by atoms with Crippen LogP contribution in [0.3, 0.4) is 0 Å². The average molecular weight is 387 g/mol. The molecule has 0 atom stereocenters. The number of carbonyl (C=O) groups is 1. The minimum atomic E-state index is 0.0215. The van der Waals surface area contributed by atoms with E-state index in [4.69, 9.17) is 4.74 Å². The van der Waals surface area contributed by atoms with Crippen molar-refractivity contribution in [1.29, 1.82) is 0 Å². The van der Waals surface area contributed by atoms with Gasteiger partial charge >= 0.3 is 0 Å². The van der Waals surface area contributed by atoms with Crippen LogP contribution in [0.2, 0.25) is 0 Å². The van der Waals surface area contributed by atoms with Gasteiger partial charge in [-0.2, -0.15) is 0 Å². The molecule has 0 N–H and O–H groups in total. The van der Waals surface area contributed by atoms with Gasteiger partial charge in [-0.25, -0.2) is 0 Å². The zero-order chi connectivity index (χ0) is 20.6. The van der Waals surface area contributed by atoms with Crippen LogP contribution in [0.5, 0.6) is 5.75 Å². The first-order chi connectivity index (χ1) is 14.1. The number of benzene rings is 3. The van der Waals surface area contributed by atoms with Crippen LogP contribution in [0.4, 0.5) is 0 Å². The number of rotatable bonds is 9. The van der Waals surface area contributed by atoms with Crippen LogP contribution in [0.25, 0.3) is 22.3 Å². The lowest BCUT2D eigenvalue weighted by Crippen LogP contribution is -2.06. The maximum absolute atomic E-state index is 12.1. The van der Waals surface area contributed by atoms with E-state index in [1.54, 1.807) is 0 Å². The van der Waals surface area contributed by atoms with Gasteiger partial charge in [0.05, 0.1) is 6.61 Å². The Balaban J connectivity index is 1.66. The Bertz CT molecular complexity index is 904. The molecule has 0 radical (unpaired) electrons. The molecule has 3 rings (SSSR count). The highest BCUT2D eigenvalue weighted by Crippen LogP contribution is 2.27. The van der Waals surface area contributed by atoms with Gasteiger partial charge in [0.2, 0.25) is 0 Å². The van der Waals surface area contributed by atoms with Crippen molar-refractivity contribution in [1.82, 2.24) is 0 Å². The van der Waals surface area contributed by atoms with Gasteiger partial charge in [0.25, 0.3) is 0 Å². The number of carbonyl (C=O) groups excluding carboxylic acids is 1. The Kier molecular flexibility index (Phi) is 7.24. The molecule has 0 amide bonds. The first-order valence-corrected chi connectivity index (χ1v) is 10.6. The number of hydrogen-bond acceptors (Lipinski definition) is 2. The summed E-state index contributed by atoms with van der Waals surface area (Å²) < 4.78 is 5.79. The Labute approximate surface area is 174 Å². The zero-order valence-electron chi connectivity index (χ0n) is 17.7. The van der Waals surface area contributed by atoms with Crippen molar-refractivity contribution in [3.8, 4) is 28.0 Å². The van der Waals surface area contributed by atoms with Crippen LogP contribution in [0.15, 0.2) is 72.8 Å². The fourth-order valence-electron chi connectivity index (χ4n) is 3.30. The van der Waals surface area contributed by atoms with E-state index >= 15 is 0 Å². The molecule has 0 aliphatic heterocycles. The van der Waals surface area contributed by atoms with E-state index in [1.165, 1.54) is 24.0 Å². The Hall–Kier alpha value is -2.87. The molecule has 2 heteroatoms. The summed E-state index contributed by atoms with van der Waals surface area (Å²) in [5, 5.41) is 0. The van der Waals surface area contributed by atoms with Crippen molar-refractivity contribution in [3.63, 3.8) is 0 Å². The summed E-state index contributed by atoms with van der Waals surface area (Å²) in [4.78, 5) is 12.1. The summed E-state index contributed by atoms with van der Waals surface area (Å²) in [7, 11) is 0. The van der Waals surface area contributed by atoms with Gasteiger partial charge < -0.3 is 4.74 Å². The fraction of sp³-hybridized carbons (Fsp3) is 0.296. The molecule has 0 saturated carbocycles. The summed E-state index contributed by atoms with van der Waals surface area (Å²) in [6.45, 7) is 6.84. The van der Waals surface area contributed by atoms with Crippen LogP contribution >= 0.6 is 0 Å². The zero-order valence-corrected chi connectivity index (χ0v) is 17.7. The number of unbranched alkanes of at least 4 members (excludes halogenated alkanes) is 2. The highest BCUT2D eigenvalue weighted by Gasteiger charge is 2.10. The monoisotopic (exact) mass is 386 g/mol. The lowest BCUT2D eigenvalue weighted by Gasteiger charge is -2.09. The van der Waals surface area contributed by atoms with Crippen molar-refractivity contribution < 1.29 is 9.53 Å². The van der Waals surface area contributed by atoms with Crippen LogP contribution in [0.1, 0.15) is 50.4 Å². The van der Waals surface area contributed by atoms with Gasteiger partial charge in [-0.3, -0.25) is 4.79 Å². The van der Waals surface area contributed by atoms with E-state index in [0.29, 0.717) is 0 Å². The van der Waals surface area contributed by atoms with Crippen LogP contribution < -0.4 is 4.74 Å². The topological polar surface area (TPSA) is 26.3 Å². The second kappa shape index (κ2) is 10.1. The van der Waals surface area contributed by atoms with E-state index in [-0.39, 0.29) is 11.7 Å². The first-order valence-electron chi connectivity index (χ1n) is 10.6. The molecule has 0 heterocycles. The normalized spacial score (nSPS) is 10.9. The highest BCUT2D eigenvalue weighted by molar-refractivity contribution is 5.97. The summed E-state index contributed by atoms with van der Waals surface area (Å²) in [5.74, 6) is 1.13. The molecule has 0 fully saturated rings. The van der Waals surface area contributed by atoms with Crippen LogP contribution in [-0.4, -0.2) is 12.4 Å². The molecular formula is C27H30O2. The smallest absolute Gasteiger partial charge is 0.165 e. The van der Waals surface area contributed by atoms with Crippen molar-refractivity contribution >= 4 is 5.78 Å². The van der Waals surface area contributed by atoms with Gasteiger partial charge in [-0.15, -0.1) is 0 Å². The second-order valence-electron chi connectivity index (χ2n) is 7.75. The van der Waals surface area contributed by atoms with E-state index in [2.05, 4.69) is 43.3 Å². The molecule has 0 unspecified atom stereocenters. The Morgan fingerprint density at radius 1 is 0.724 bits per heavy atom. The summed E-state index contributed by atoms with van der Waals surface area (Å²) in [6.07, 6.45) is 3.52. The molecule has 3 aromatic carbocycles. The maximum Gasteiger partial charge on any atom is 0.165 e. The third kappa shape index (κ3) is 5.57. The number of ether oxygens (including phenoxy) is 1. The standard InChI is InChI=1S/C27H30O2/c1-4-5-6-19-29-26-17-15-24(16-18-26)22-9-7-21(8-10-22)23-11-13-25(14-12-23)27(28)20(2)3/h7-18,20H,4-6,19H2,1-3H3. The lowest BCUT2D eigenvalue weighted by molar-refractivity contribution is 0.0939. The van der Waals surface area contributed by atoms with Crippen molar-refractivity contribution in [3.05, 3.63) is 78.4 Å². The number of hydrogen-bond donors (Lipinski definition) is 0. The molecule has 150 valence electrons. The van der Waals surface area contributed by atoms with Gasteiger partial charge in [0, 0.05) is 11.5 Å². The molecular weight excluding hydrogens is 356 g/mol. The number of ketones is 1. The van der Waals surface area contributed by atoms with E-state index < -0.39 is 0 Å². The molecule has 0 spiro atoms. The third-order valence-corrected chi connectivity index (χ3v) is 5.12. The largest absolute Gasteiger partial charge is 0.494 e. The average Bonchev–Trinajstić information content (AvgIpc) is 2.77. The van der Waals surface area contributed by atoms with Crippen molar-refractivity contribution in [2.24, 2.45) is 5.92 Å². The summed E-state index contributed by atoms with van der Waals surface area (Å²) >= 11 is 0. The molecule has 29 heavy (non-hydrogen) atoms. The molecule has 0 bridgehead atoms. The summed E-state index contributed by atoms with van der Waals surface area (Å²) in [5.41, 5.74) is 5.39. The third-order valence-electron chi connectivity index (χ3n) is 5.12. The minimum Gasteiger partial charge on any atom is -0.494 e. The molecule has 0 saturated heterocycles. The highest BCUT2D eigenvalue weighted by atomic mass is 16.5. The second-order valence-corrected chi connectivity index (χ2v) is 7.75. The molecule has 3 aromatic rings. The van der Waals surface area contributed by atoms with Crippen LogP contribution in [0, 0.1) is 5.92 Å². The molecule has 0 aliphatic carbocycles. The van der Waals surface area contributed by atoms with Crippen LogP contribution in [-0.2, 0) is 0 Å². The lowest BCUT2D eigenvalue weighted by atomic mass is 9.97. The quantitative estimate of drug-likeness (QED) is 0.282.